The lowest BCUT2D eigenvalue weighted by Gasteiger charge is -2.06. The van der Waals surface area contributed by atoms with E-state index in [1.807, 2.05) is 0 Å². The minimum Gasteiger partial charge on any atom is -0.478 e. The second kappa shape index (κ2) is 5.72. The summed E-state index contributed by atoms with van der Waals surface area (Å²) in [5.41, 5.74) is 1.64. The maximum Gasteiger partial charge on any atom is 0.335 e. The van der Waals surface area contributed by atoms with E-state index in [4.69, 9.17) is 5.11 Å². The van der Waals surface area contributed by atoms with Gasteiger partial charge in [-0.05, 0) is 52.4 Å². The Morgan fingerprint density at radius 1 is 1.18 bits per heavy atom. The maximum atomic E-state index is 13.0. The van der Waals surface area contributed by atoms with Crippen LogP contribution in [0.1, 0.15) is 15.9 Å². The van der Waals surface area contributed by atoms with Crippen LogP contribution >= 0.6 is 0 Å². The average molecular weight is 298 g/mol. The highest BCUT2D eigenvalue weighted by molar-refractivity contribution is 5.87. The standard InChI is InChI=1S/C15H11FN4O2/c16-13-6-4-11(5-7-13)14-17-18-19-20(14)9-10-2-1-3-12(8-10)15(21)22/h1-8H,9H2,(H,21,22). The number of aromatic nitrogens is 4. The van der Waals surface area contributed by atoms with E-state index in [-0.39, 0.29) is 11.4 Å². The van der Waals surface area contributed by atoms with Gasteiger partial charge in [0.25, 0.3) is 0 Å². The van der Waals surface area contributed by atoms with Crippen molar-refractivity contribution in [2.75, 3.05) is 0 Å². The minimum absolute atomic E-state index is 0.203. The molecular formula is C15H11FN4O2. The molecule has 110 valence electrons. The fraction of sp³-hybridized carbons (Fsp3) is 0.0667. The van der Waals surface area contributed by atoms with Gasteiger partial charge >= 0.3 is 5.97 Å². The summed E-state index contributed by atoms with van der Waals surface area (Å²) in [6.45, 7) is 0.320. The van der Waals surface area contributed by atoms with E-state index in [1.165, 1.54) is 22.9 Å². The minimum atomic E-state index is -0.989. The third-order valence-electron chi connectivity index (χ3n) is 3.14. The Balaban J connectivity index is 1.91. The van der Waals surface area contributed by atoms with Crippen molar-refractivity contribution in [3.05, 3.63) is 65.5 Å². The molecule has 0 radical (unpaired) electrons. The van der Waals surface area contributed by atoms with Crippen LogP contribution in [0.4, 0.5) is 4.39 Å². The van der Waals surface area contributed by atoms with Crippen LogP contribution in [-0.2, 0) is 6.54 Å². The molecule has 0 aliphatic rings. The average Bonchev–Trinajstić information content (AvgIpc) is 2.96. The van der Waals surface area contributed by atoms with Crippen LogP contribution in [0.15, 0.2) is 48.5 Å². The third-order valence-corrected chi connectivity index (χ3v) is 3.14. The summed E-state index contributed by atoms with van der Waals surface area (Å²) in [6, 6.07) is 12.4. The van der Waals surface area contributed by atoms with Crippen LogP contribution in [-0.4, -0.2) is 31.3 Å². The number of halogens is 1. The number of rotatable bonds is 4. The highest BCUT2D eigenvalue weighted by atomic mass is 19.1. The molecular weight excluding hydrogens is 287 g/mol. The Bertz CT molecular complexity index is 814. The van der Waals surface area contributed by atoms with Gasteiger partial charge in [-0.3, -0.25) is 0 Å². The summed E-state index contributed by atoms with van der Waals surface area (Å²) in [4.78, 5) is 11.0. The first kappa shape index (κ1) is 13.9. The first-order valence-corrected chi connectivity index (χ1v) is 6.48. The third kappa shape index (κ3) is 2.83. The molecule has 0 saturated heterocycles. The summed E-state index contributed by atoms with van der Waals surface area (Å²) >= 11 is 0. The fourth-order valence-corrected chi connectivity index (χ4v) is 2.09. The van der Waals surface area contributed by atoms with Gasteiger partial charge in [0.05, 0.1) is 12.1 Å². The lowest BCUT2D eigenvalue weighted by atomic mass is 10.1. The van der Waals surface area contributed by atoms with Crippen LogP contribution in [0.3, 0.4) is 0 Å². The summed E-state index contributed by atoms with van der Waals surface area (Å²) in [5.74, 6) is -0.838. The van der Waals surface area contributed by atoms with Gasteiger partial charge in [0.2, 0.25) is 0 Å². The number of hydrogen-bond acceptors (Lipinski definition) is 4. The van der Waals surface area contributed by atoms with Gasteiger partial charge in [0, 0.05) is 5.56 Å². The summed E-state index contributed by atoms with van der Waals surface area (Å²) < 4.78 is 14.5. The summed E-state index contributed by atoms with van der Waals surface area (Å²) in [5, 5.41) is 20.5. The molecule has 0 amide bonds. The van der Waals surface area contributed by atoms with E-state index < -0.39 is 5.97 Å². The number of carbonyl (C=O) groups is 1. The Morgan fingerprint density at radius 2 is 1.95 bits per heavy atom. The van der Waals surface area contributed by atoms with Crippen molar-refractivity contribution in [1.82, 2.24) is 20.2 Å². The number of benzene rings is 2. The van der Waals surface area contributed by atoms with Crippen LogP contribution in [0.2, 0.25) is 0 Å². The number of carboxylic acids is 1. The molecule has 0 aliphatic carbocycles. The number of aromatic carboxylic acids is 1. The second-order valence-electron chi connectivity index (χ2n) is 4.67. The zero-order valence-electron chi connectivity index (χ0n) is 11.3. The topological polar surface area (TPSA) is 80.9 Å². The number of nitrogens with zero attached hydrogens (tertiary/aromatic N) is 4. The molecule has 2 aromatic carbocycles. The first-order valence-electron chi connectivity index (χ1n) is 6.48. The Kier molecular flexibility index (Phi) is 3.61. The summed E-state index contributed by atoms with van der Waals surface area (Å²) in [7, 11) is 0. The van der Waals surface area contributed by atoms with Crippen molar-refractivity contribution in [3.63, 3.8) is 0 Å². The zero-order valence-corrected chi connectivity index (χ0v) is 11.3. The second-order valence-corrected chi connectivity index (χ2v) is 4.67. The molecule has 1 aromatic heterocycles. The molecule has 1 N–H and O–H groups in total. The molecule has 3 aromatic rings. The molecule has 0 aliphatic heterocycles. The zero-order chi connectivity index (χ0) is 15.5. The highest BCUT2D eigenvalue weighted by Crippen LogP contribution is 2.17. The quantitative estimate of drug-likeness (QED) is 0.798. The van der Waals surface area contributed by atoms with Crippen LogP contribution in [0.5, 0.6) is 0 Å². The molecule has 0 fully saturated rings. The molecule has 0 bridgehead atoms. The number of hydrogen-bond donors (Lipinski definition) is 1. The van der Waals surface area contributed by atoms with Gasteiger partial charge in [-0.25, -0.2) is 13.9 Å². The fourth-order valence-electron chi connectivity index (χ4n) is 2.09. The van der Waals surface area contributed by atoms with Crippen molar-refractivity contribution in [1.29, 1.82) is 0 Å². The number of tetrazole rings is 1. The Labute approximate surface area is 124 Å². The molecule has 6 nitrogen and oxygen atoms in total. The normalized spacial score (nSPS) is 10.6. The van der Waals surface area contributed by atoms with E-state index in [1.54, 1.807) is 30.3 Å². The molecule has 0 spiro atoms. The molecule has 22 heavy (non-hydrogen) atoms. The SMILES string of the molecule is O=C(O)c1cccc(Cn2nnnc2-c2ccc(F)cc2)c1. The van der Waals surface area contributed by atoms with Crippen molar-refractivity contribution in [2.45, 2.75) is 6.54 Å². The monoisotopic (exact) mass is 298 g/mol. The van der Waals surface area contributed by atoms with E-state index in [2.05, 4.69) is 15.5 Å². The first-order chi connectivity index (χ1) is 10.6. The molecule has 0 atom stereocenters. The molecule has 0 saturated carbocycles. The van der Waals surface area contributed by atoms with E-state index in [0.29, 0.717) is 17.9 Å². The predicted molar refractivity (Wildman–Crippen MR) is 75.7 cm³/mol. The van der Waals surface area contributed by atoms with Gasteiger partial charge < -0.3 is 5.11 Å². The van der Waals surface area contributed by atoms with Gasteiger partial charge in [-0.15, -0.1) is 5.10 Å². The van der Waals surface area contributed by atoms with Gasteiger partial charge in [-0.1, -0.05) is 12.1 Å². The highest BCUT2D eigenvalue weighted by Gasteiger charge is 2.10. The van der Waals surface area contributed by atoms with Crippen molar-refractivity contribution in [2.24, 2.45) is 0 Å². The van der Waals surface area contributed by atoms with E-state index in [0.717, 1.165) is 5.56 Å². The Morgan fingerprint density at radius 3 is 2.68 bits per heavy atom. The molecule has 0 unspecified atom stereocenters. The molecule has 7 heteroatoms. The van der Waals surface area contributed by atoms with Crippen LogP contribution < -0.4 is 0 Å². The Hall–Kier alpha value is -3.09. The van der Waals surface area contributed by atoms with Crippen molar-refractivity contribution >= 4 is 5.97 Å². The van der Waals surface area contributed by atoms with Gasteiger partial charge in [0.1, 0.15) is 5.82 Å². The largest absolute Gasteiger partial charge is 0.478 e. The van der Waals surface area contributed by atoms with Gasteiger partial charge in [0.15, 0.2) is 5.82 Å². The lowest BCUT2D eigenvalue weighted by molar-refractivity contribution is 0.0696. The molecule has 3 rings (SSSR count). The number of carboxylic acid groups (broad SMARTS) is 1. The predicted octanol–water partition coefficient (Wildman–Crippen LogP) is 2.23. The van der Waals surface area contributed by atoms with Crippen LogP contribution in [0.25, 0.3) is 11.4 Å². The van der Waals surface area contributed by atoms with Gasteiger partial charge in [-0.2, -0.15) is 0 Å². The van der Waals surface area contributed by atoms with E-state index in [9.17, 15) is 9.18 Å². The van der Waals surface area contributed by atoms with Crippen molar-refractivity contribution in [3.8, 4) is 11.4 Å². The smallest absolute Gasteiger partial charge is 0.335 e. The maximum absolute atomic E-state index is 13.0. The van der Waals surface area contributed by atoms with E-state index >= 15 is 0 Å². The molecule has 1 heterocycles. The summed E-state index contributed by atoms with van der Waals surface area (Å²) in [6.07, 6.45) is 0. The lowest BCUT2D eigenvalue weighted by Crippen LogP contribution is -2.06. The van der Waals surface area contributed by atoms with Crippen molar-refractivity contribution < 1.29 is 14.3 Å². The van der Waals surface area contributed by atoms with Crippen LogP contribution in [0, 0.1) is 5.82 Å².